The molecular weight excluding hydrogens is 525 g/mol. The maximum atomic E-state index is 15.0. The molecule has 1 aliphatic carbocycles. The van der Waals surface area contributed by atoms with Gasteiger partial charge in [-0.05, 0) is 31.9 Å². The second-order valence-electron chi connectivity index (χ2n) is 8.41. The Morgan fingerprint density at radius 3 is 2.72 bits per heavy atom. The highest BCUT2D eigenvalue weighted by molar-refractivity contribution is 7.28. The summed E-state index contributed by atoms with van der Waals surface area (Å²) in [4.78, 5) is 25.0. The van der Waals surface area contributed by atoms with Gasteiger partial charge in [-0.2, -0.15) is 5.10 Å². The third-order valence-corrected chi connectivity index (χ3v) is 8.84. The van der Waals surface area contributed by atoms with Crippen LogP contribution in [0.1, 0.15) is 46.8 Å². The van der Waals surface area contributed by atoms with Gasteiger partial charge < -0.3 is 9.84 Å². The quantitative estimate of drug-likeness (QED) is 0.287. The van der Waals surface area contributed by atoms with E-state index in [2.05, 4.69) is 22.3 Å². The number of thiophene rings is 2. The number of rotatable bonds is 5. The Bertz CT molecular complexity index is 1570. The maximum Gasteiger partial charge on any atom is 0.413 e. The van der Waals surface area contributed by atoms with Crippen LogP contribution in [-0.2, 0) is 22.0 Å². The zero-order chi connectivity index (χ0) is 25.6. The Balaban J connectivity index is 1.33. The molecular formula is C25H19ClFN3O4S2. The second-order valence-corrected chi connectivity index (χ2v) is 10.9. The average Bonchev–Trinajstić information content (AvgIpc) is 3.32. The molecule has 1 unspecified atom stereocenters. The number of fused-ring (bicyclic) bond motifs is 1. The monoisotopic (exact) mass is 543 g/mol. The summed E-state index contributed by atoms with van der Waals surface area (Å²) in [7, 11) is 1.66. The van der Waals surface area contributed by atoms with Crippen molar-refractivity contribution in [2.24, 2.45) is 7.05 Å². The van der Waals surface area contributed by atoms with E-state index in [0.717, 1.165) is 0 Å². The molecule has 0 saturated heterocycles. The van der Waals surface area contributed by atoms with Crippen LogP contribution >= 0.6 is 34.3 Å². The van der Waals surface area contributed by atoms with Crippen LogP contribution in [0, 0.1) is 17.7 Å². The van der Waals surface area contributed by atoms with Gasteiger partial charge in [0.15, 0.2) is 5.82 Å². The van der Waals surface area contributed by atoms with E-state index in [4.69, 9.17) is 16.3 Å². The van der Waals surface area contributed by atoms with Crippen molar-refractivity contribution in [3.8, 4) is 11.8 Å². The summed E-state index contributed by atoms with van der Waals surface area (Å²) in [6.45, 7) is 1.72. The van der Waals surface area contributed by atoms with Crippen LogP contribution in [0.3, 0.4) is 0 Å². The van der Waals surface area contributed by atoms with Crippen molar-refractivity contribution < 1.29 is 23.8 Å². The minimum Gasteiger partial charge on any atom is -0.481 e. The van der Waals surface area contributed by atoms with Gasteiger partial charge >= 0.3 is 12.1 Å². The Kier molecular flexibility index (Phi) is 6.24. The average molecular weight is 544 g/mol. The number of aromatic nitrogens is 2. The maximum absolute atomic E-state index is 15.0. The lowest BCUT2D eigenvalue weighted by Gasteiger charge is -2.15. The highest BCUT2D eigenvalue weighted by Crippen LogP contribution is 2.54. The van der Waals surface area contributed by atoms with Crippen LogP contribution in [0.5, 0.6) is 0 Å². The molecule has 1 amide bonds. The zero-order valence-electron chi connectivity index (χ0n) is 19.1. The summed E-state index contributed by atoms with van der Waals surface area (Å²) in [6.07, 6.45) is 1.16. The van der Waals surface area contributed by atoms with Gasteiger partial charge in [0.25, 0.3) is 0 Å². The van der Waals surface area contributed by atoms with Gasteiger partial charge in [0, 0.05) is 22.3 Å². The van der Waals surface area contributed by atoms with Crippen LogP contribution in [0.25, 0.3) is 9.40 Å². The van der Waals surface area contributed by atoms with E-state index >= 15 is 0 Å². The summed E-state index contributed by atoms with van der Waals surface area (Å²) in [5.41, 5.74) is 0.0667. The highest BCUT2D eigenvalue weighted by Gasteiger charge is 2.55. The Labute approximate surface area is 218 Å². The van der Waals surface area contributed by atoms with E-state index in [-0.39, 0.29) is 0 Å². The first-order valence-corrected chi connectivity index (χ1v) is 12.9. The third kappa shape index (κ3) is 4.34. The smallest absolute Gasteiger partial charge is 0.413 e. The number of aryl methyl sites for hydroxylation is 1. The molecule has 3 aromatic heterocycles. The fourth-order valence-corrected chi connectivity index (χ4v) is 6.64. The number of nitrogens with zero attached hydrogens (tertiary/aromatic N) is 2. The largest absolute Gasteiger partial charge is 0.481 e. The number of carboxylic acid groups (broad SMARTS) is 1. The lowest BCUT2D eigenvalue weighted by atomic mass is 10.1. The Morgan fingerprint density at radius 2 is 2.06 bits per heavy atom. The Hall–Kier alpha value is -3.39. The summed E-state index contributed by atoms with van der Waals surface area (Å²) >= 11 is 8.52. The first-order chi connectivity index (χ1) is 17.2. The molecule has 184 valence electrons. The van der Waals surface area contributed by atoms with Crippen LogP contribution < -0.4 is 5.32 Å². The van der Waals surface area contributed by atoms with Crippen LogP contribution in [-0.4, -0.2) is 26.9 Å². The number of halogens is 2. The van der Waals surface area contributed by atoms with E-state index in [1.807, 2.05) is 6.07 Å². The van der Waals surface area contributed by atoms with E-state index in [0.29, 0.717) is 54.0 Å². The first-order valence-electron chi connectivity index (χ1n) is 10.9. The van der Waals surface area contributed by atoms with Crippen molar-refractivity contribution in [3.05, 3.63) is 68.2 Å². The topological polar surface area (TPSA) is 93.4 Å². The number of hydrogen-bond donors (Lipinski definition) is 2. The molecule has 11 heteroatoms. The number of nitrogens with one attached hydrogen (secondary N) is 1. The molecule has 1 aromatic carbocycles. The molecule has 5 rings (SSSR count). The van der Waals surface area contributed by atoms with Crippen molar-refractivity contribution >= 4 is 61.6 Å². The van der Waals surface area contributed by atoms with Gasteiger partial charge in [-0.1, -0.05) is 41.6 Å². The number of hydrogen-bond acceptors (Lipinski definition) is 6. The minimum absolute atomic E-state index is 0.291. The van der Waals surface area contributed by atoms with Gasteiger partial charge in [0.2, 0.25) is 0 Å². The third-order valence-electron chi connectivity index (χ3n) is 6.01. The van der Waals surface area contributed by atoms with Gasteiger partial charge in [0.05, 0.1) is 26.2 Å². The molecule has 4 aromatic rings. The Morgan fingerprint density at radius 1 is 1.31 bits per heavy atom. The normalized spacial score (nSPS) is 14.7. The molecule has 7 nitrogen and oxygen atoms in total. The van der Waals surface area contributed by atoms with E-state index in [1.54, 1.807) is 38.2 Å². The number of carbonyl (C=O) groups is 2. The van der Waals surface area contributed by atoms with Crippen LogP contribution in [0.2, 0.25) is 5.02 Å². The van der Waals surface area contributed by atoms with Crippen molar-refractivity contribution in [1.29, 1.82) is 0 Å². The molecule has 1 atom stereocenters. The lowest BCUT2D eigenvalue weighted by Crippen LogP contribution is -2.19. The number of anilines is 1. The summed E-state index contributed by atoms with van der Waals surface area (Å²) < 4.78 is 23.0. The second kappa shape index (κ2) is 9.24. The summed E-state index contributed by atoms with van der Waals surface area (Å²) in [5.74, 6) is 4.86. The standard InChI is InChI=1S/C25H19ClFN3O4S2/c1-13(16-5-3-4-6-17(16)26)34-24(33)29-22-14(12-28-30(22)2)7-8-15-11-18-20(35-15)19(27)21(36-18)25(9-10-25)23(31)32/h3-6,11-13H,9-10H2,1-2H3,(H,29,33)(H,31,32). The molecule has 2 N–H and O–H groups in total. The molecule has 0 spiro atoms. The summed E-state index contributed by atoms with van der Waals surface area (Å²) in [5, 5.41) is 16.8. The minimum atomic E-state index is -1.08. The zero-order valence-corrected chi connectivity index (χ0v) is 21.5. The number of benzene rings is 1. The number of carbonyl (C=O) groups excluding carboxylic acids is 1. The van der Waals surface area contributed by atoms with Gasteiger partial charge in [-0.15, -0.1) is 22.7 Å². The van der Waals surface area contributed by atoms with Gasteiger partial charge in [-0.3, -0.25) is 14.8 Å². The van der Waals surface area contributed by atoms with Crippen molar-refractivity contribution in [2.45, 2.75) is 31.3 Å². The molecule has 0 aliphatic heterocycles. The molecule has 1 fully saturated rings. The molecule has 3 heterocycles. The number of aliphatic carboxylic acids is 1. The fourth-order valence-electron chi connectivity index (χ4n) is 3.85. The number of ether oxygens (including phenoxy) is 1. The highest BCUT2D eigenvalue weighted by atomic mass is 35.5. The van der Waals surface area contributed by atoms with E-state index in [9.17, 15) is 19.1 Å². The van der Waals surface area contributed by atoms with Crippen molar-refractivity contribution in [3.63, 3.8) is 0 Å². The predicted molar refractivity (Wildman–Crippen MR) is 137 cm³/mol. The fraction of sp³-hybridized carbons (Fsp3) is 0.240. The number of amides is 1. The SMILES string of the molecule is CC(OC(=O)Nc1c(C#Cc2cc3sc(C4(C(=O)O)CC4)c(F)c3s2)cnn1C)c1ccccc1Cl. The van der Waals surface area contributed by atoms with Gasteiger partial charge in [0.1, 0.15) is 17.3 Å². The molecule has 0 radical (unpaired) electrons. The van der Waals surface area contributed by atoms with E-state index in [1.165, 1.54) is 33.6 Å². The van der Waals surface area contributed by atoms with E-state index < -0.39 is 29.4 Å². The predicted octanol–water partition coefficient (Wildman–Crippen LogP) is 6.31. The molecule has 1 aliphatic rings. The molecule has 0 bridgehead atoms. The molecule has 36 heavy (non-hydrogen) atoms. The number of carboxylic acids is 1. The van der Waals surface area contributed by atoms with Crippen molar-refractivity contribution in [2.75, 3.05) is 5.32 Å². The summed E-state index contributed by atoms with van der Waals surface area (Å²) in [6, 6.07) is 8.87. The van der Waals surface area contributed by atoms with Crippen LogP contribution in [0.15, 0.2) is 36.5 Å². The van der Waals surface area contributed by atoms with Crippen LogP contribution in [0.4, 0.5) is 15.0 Å². The molecule has 1 saturated carbocycles. The first kappa shape index (κ1) is 24.3. The van der Waals surface area contributed by atoms with Gasteiger partial charge in [-0.25, -0.2) is 9.18 Å². The lowest BCUT2D eigenvalue weighted by molar-refractivity contribution is -0.140. The van der Waals surface area contributed by atoms with Crippen molar-refractivity contribution in [1.82, 2.24) is 9.78 Å².